The van der Waals surface area contributed by atoms with Crippen molar-refractivity contribution in [2.24, 2.45) is 0 Å². The van der Waals surface area contributed by atoms with Crippen LogP contribution in [0.15, 0.2) is 0 Å². The SMILES string of the molecule is CCc1nc(N(COC)COC(C)CC)nc(N(COC(C)CC)COC(C)CC)n1. The lowest BCUT2D eigenvalue weighted by Gasteiger charge is -2.28. The Hall–Kier alpha value is -1.55. The van der Waals surface area contributed by atoms with Gasteiger partial charge in [0.25, 0.3) is 0 Å². The molecule has 3 atom stereocenters. The van der Waals surface area contributed by atoms with Gasteiger partial charge in [0.2, 0.25) is 11.9 Å². The molecule has 1 heterocycles. The van der Waals surface area contributed by atoms with Gasteiger partial charge in [-0.1, -0.05) is 27.7 Å². The van der Waals surface area contributed by atoms with Gasteiger partial charge in [-0.15, -0.1) is 0 Å². The second kappa shape index (κ2) is 15.3. The normalized spacial score (nSPS) is 14.3. The number of anilines is 2. The molecule has 0 bridgehead atoms. The van der Waals surface area contributed by atoms with Crippen molar-refractivity contribution < 1.29 is 18.9 Å². The summed E-state index contributed by atoms with van der Waals surface area (Å²) in [6.45, 7) is 15.8. The molecule has 0 aliphatic rings. The maximum atomic E-state index is 5.97. The summed E-state index contributed by atoms with van der Waals surface area (Å²) in [5, 5.41) is 0. The van der Waals surface area contributed by atoms with Crippen LogP contribution in [0.5, 0.6) is 0 Å². The van der Waals surface area contributed by atoms with E-state index in [1.54, 1.807) is 7.11 Å². The van der Waals surface area contributed by atoms with E-state index in [0.717, 1.165) is 19.3 Å². The average molecular weight is 442 g/mol. The minimum atomic E-state index is 0.131. The molecule has 180 valence electrons. The fraction of sp³-hybridized carbons (Fsp3) is 0.864. The van der Waals surface area contributed by atoms with Crippen LogP contribution < -0.4 is 9.80 Å². The van der Waals surface area contributed by atoms with Crippen LogP contribution in [0, 0.1) is 0 Å². The molecule has 0 spiro atoms. The van der Waals surface area contributed by atoms with Gasteiger partial charge in [0.05, 0.1) is 18.3 Å². The maximum absolute atomic E-state index is 5.97. The number of hydrogen-bond acceptors (Lipinski definition) is 9. The second-order valence-electron chi connectivity index (χ2n) is 7.75. The number of aryl methyl sites for hydroxylation is 1. The van der Waals surface area contributed by atoms with Crippen LogP contribution in [-0.4, -0.2) is 67.3 Å². The molecule has 9 nitrogen and oxygen atoms in total. The maximum Gasteiger partial charge on any atom is 0.234 e. The molecule has 0 saturated heterocycles. The Kier molecular flexibility index (Phi) is 13.6. The van der Waals surface area contributed by atoms with E-state index in [0.29, 0.717) is 51.1 Å². The van der Waals surface area contributed by atoms with Crippen LogP contribution in [0.4, 0.5) is 11.9 Å². The van der Waals surface area contributed by atoms with Crippen LogP contribution in [0.2, 0.25) is 0 Å². The largest absolute Gasteiger partial charge is 0.364 e. The Morgan fingerprint density at radius 3 is 1.35 bits per heavy atom. The lowest BCUT2D eigenvalue weighted by Crippen LogP contribution is -2.36. The Morgan fingerprint density at radius 1 is 0.645 bits per heavy atom. The standard InChI is InChI=1S/C22H43N5O4/c1-9-17(5)29-14-26(13-28-8)21-23-20(12-4)24-22(25-21)27(15-30-18(6)10-2)16-31-19(7)11-3/h17-19H,9-16H2,1-8H3. The van der Waals surface area contributed by atoms with E-state index >= 15 is 0 Å². The molecule has 0 radical (unpaired) electrons. The number of hydrogen-bond donors (Lipinski definition) is 0. The van der Waals surface area contributed by atoms with E-state index in [-0.39, 0.29) is 18.3 Å². The highest BCUT2D eigenvalue weighted by Gasteiger charge is 2.19. The van der Waals surface area contributed by atoms with Gasteiger partial charge >= 0.3 is 0 Å². The summed E-state index contributed by atoms with van der Waals surface area (Å²) in [4.78, 5) is 17.8. The van der Waals surface area contributed by atoms with Gasteiger partial charge in [0, 0.05) is 13.5 Å². The Balaban J connectivity index is 3.17. The van der Waals surface area contributed by atoms with E-state index in [9.17, 15) is 0 Å². The number of ether oxygens (including phenoxy) is 4. The summed E-state index contributed by atoms with van der Waals surface area (Å²) in [7, 11) is 1.64. The topological polar surface area (TPSA) is 82.1 Å². The quantitative estimate of drug-likeness (QED) is 0.333. The van der Waals surface area contributed by atoms with Crippen LogP contribution in [0.25, 0.3) is 0 Å². The molecule has 1 aromatic rings. The Morgan fingerprint density at radius 2 is 1.03 bits per heavy atom. The first kappa shape index (κ1) is 27.5. The van der Waals surface area contributed by atoms with Crippen molar-refractivity contribution >= 4 is 11.9 Å². The highest BCUT2D eigenvalue weighted by Crippen LogP contribution is 2.17. The Bertz CT molecular complexity index is 593. The van der Waals surface area contributed by atoms with E-state index in [4.69, 9.17) is 23.9 Å². The molecule has 1 rings (SSSR count). The van der Waals surface area contributed by atoms with E-state index in [1.807, 2.05) is 23.6 Å². The summed E-state index contributed by atoms with van der Waals surface area (Å²) in [6, 6.07) is 0. The van der Waals surface area contributed by atoms with Crippen molar-refractivity contribution in [3.05, 3.63) is 5.82 Å². The van der Waals surface area contributed by atoms with Gasteiger partial charge < -0.3 is 18.9 Å². The molecule has 0 fully saturated rings. The monoisotopic (exact) mass is 441 g/mol. The molecule has 0 amide bonds. The molecule has 0 aliphatic heterocycles. The van der Waals surface area contributed by atoms with Crippen molar-refractivity contribution in [1.82, 2.24) is 15.0 Å². The average Bonchev–Trinajstić information content (AvgIpc) is 2.80. The number of aromatic nitrogens is 3. The summed E-state index contributed by atoms with van der Waals surface area (Å²) in [5.74, 6) is 1.74. The lowest BCUT2D eigenvalue weighted by molar-refractivity contribution is 0.0213. The van der Waals surface area contributed by atoms with Gasteiger partial charge in [-0.05, 0) is 40.0 Å². The predicted molar refractivity (Wildman–Crippen MR) is 123 cm³/mol. The number of rotatable bonds is 17. The summed E-state index contributed by atoms with van der Waals surface area (Å²) >= 11 is 0. The zero-order chi connectivity index (χ0) is 23.2. The molecule has 1 aromatic heterocycles. The van der Waals surface area contributed by atoms with Gasteiger partial charge in [-0.25, -0.2) is 0 Å². The van der Waals surface area contributed by atoms with E-state index in [1.165, 1.54) is 0 Å². The molecule has 0 aliphatic carbocycles. The lowest BCUT2D eigenvalue weighted by atomic mass is 10.3. The van der Waals surface area contributed by atoms with Gasteiger partial charge in [-0.3, -0.25) is 9.80 Å². The van der Waals surface area contributed by atoms with E-state index < -0.39 is 0 Å². The van der Waals surface area contributed by atoms with Crippen LogP contribution in [-0.2, 0) is 25.4 Å². The summed E-state index contributed by atoms with van der Waals surface area (Å²) < 4.78 is 23.2. The first-order valence-electron chi connectivity index (χ1n) is 11.5. The third-order valence-corrected chi connectivity index (χ3v) is 5.09. The molecule has 31 heavy (non-hydrogen) atoms. The molecule has 0 aromatic carbocycles. The fourth-order valence-electron chi connectivity index (χ4n) is 2.30. The van der Waals surface area contributed by atoms with Gasteiger partial charge in [-0.2, -0.15) is 15.0 Å². The number of nitrogens with zero attached hydrogens (tertiary/aromatic N) is 5. The van der Waals surface area contributed by atoms with Crippen molar-refractivity contribution in [2.75, 3.05) is 43.8 Å². The highest BCUT2D eigenvalue weighted by atomic mass is 16.5. The summed E-state index contributed by atoms with van der Waals surface area (Å²) in [5.41, 5.74) is 0. The second-order valence-corrected chi connectivity index (χ2v) is 7.75. The smallest absolute Gasteiger partial charge is 0.234 e. The molecule has 0 N–H and O–H groups in total. The molecule has 3 unspecified atom stereocenters. The Labute approximate surface area is 188 Å². The van der Waals surface area contributed by atoms with Gasteiger partial charge in [0.15, 0.2) is 0 Å². The molecular weight excluding hydrogens is 398 g/mol. The van der Waals surface area contributed by atoms with Crippen molar-refractivity contribution in [1.29, 1.82) is 0 Å². The van der Waals surface area contributed by atoms with Crippen LogP contribution >= 0.6 is 0 Å². The summed E-state index contributed by atoms with van der Waals surface area (Å²) in [6.07, 6.45) is 3.86. The van der Waals surface area contributed by atoms with Crippen molar-refractivity contribution in [2.45, 2.75) is 92.5 Å². The molecule has 9 heteroatoms. The molecular formula is C22H43N5O4. The first-order valence-corrected chi connectivity index (χ1v) is 11.5. The van der Waals surface area contributed by atoms with Crippen molar-refractivity contribution in [3.63, 3.8) is 0 Å². The highest BCUT2D eigenvalue weighted by molar-refractivity contribution is 5.38. The van der Waals surface area contributed by atoms with Gasteiger partial charge in [0.1, 0.15) is 32.7 Å². The van der Waals surface area contributed by atoms with Crippen LogP contribution in [0.1, 0.15) is 73.6 Å². The minimum Gasteiger partial charge on any atom is -0.364 e. The predicted octanol–water partition coefficient (Wildman–Crippen LogP) is 3.97. The minimum absolute atomic E-state index is 0.131. The zero-order valence-corrected chi connectivity index (χ0v) is 20.8. The third kappa shape index (κ3) is 10.1. The number of methoxy groups -OCH3 is 1. The van der Waals surface area contributed by atoms with Crippen molar-refractivity contribution in [3.8, 4) is 0 Å². The van der Waals surface area contributed by atoms with Crippen LogP contribution in [0.3, 0.4) is 0 Å². The first-order chi connectivity index (χ1) is 14.9. The zero-order valence-electron chi connectivity index (χ0n) is 20.8. The molecule has 0 saturated carbocycles. The third-order valence-electron chi connectivity index (χ3n) is 5.09. The fourth-order valence-corrected chi connectivity index (χ4v) is 2.30. The van der Waals surface area contributed by atoms with E-state index in [2.05, 4.69) is 44.6 Å².